The van der Waals surface area contributed by atoms with Gasteiger partial charge in [-0.15, -0.1) is 0 Å². The zero-order valence-electron chi connectivity index (χ0n) is 10.2. The van der Waals surface area contributed by atoms with Crippen molar-refractivity contribution in [1.82, 2.24) is 0 Å². The van der Waals surface area contributed by atoms with Gasteiger partial charge in [0.25, 0.3) is 0 Å². The summed E-state index contributed by atoms with van der Waals surface area (Å²) in [5.41, 5.74) is 0. The first kappa shape index (κ1) is 20.2. The number of para-hydroxylation sites is 1. The average molecular weight is 274 g/mol. The van der Waals surface area contributed by atoms with Crippen molar-refractivity contribution in [1.29, 1.82) is 0 Å². The van der Waals surface area contributed by atoms with Crippen molar-refractivity contribution in [2.45, 2.75) is 47.5 Å². The molecule has 1 aliphatic carbocycles. The van der Waals surface area contributed by atoms with E-state index < -0.39 is 0 Å². The topological polar surface area (TPSA) is 9.23 Å². The van der Waals surface area contributed by atoms with Gasteiger partial charge in [-0.3, -0.25) is 9.33 Å². The smallest absolute Gasteiger partial charge is 0.171 e. The first-order valence-corrected chi connectivity index (χ1v) is 6.15. The molecule has 0 aromatic heterocycles. The van der Waals surface area contributed by atoms with E-state index in [1.165, 1.54) is 12.8 Å². The number of halogens is 2. The minimum Gasteiger partial charge on any atom is -0.294 e. The van der Waals surface area contributed by atoms with E-state index >= 15 is 0 Å². The van der Waals surface area contributed by atoms with Crippen LogP contribution >= 0.6 is 0 Å². The van der Waals surface area contributed by atoms with Gasteiger partial charge in [-0.1, -0.05) is 52.8 Å². The average Bonchev–Trinajstić information content (AvgIpc) is 2.41. The molecule has 1 aromatic rings. The number of alkyl halides is 1. The van der Waals surface area contributed by atoms with E-state index in [4.69, 9.17) is 0 Å². The maximum atomic E-state index is 12.0. The van der Waals surface area contributed by atoms with E-state index in [9.17, 15) is 8.92 Å². The van der Waals surface area contributed by atoms with Crippen LogP contribution in [0.4, 0.5) is 8.92 Å². The quantitative estimate of drug-likeness (QED) is 0.642. The molecule has 0 radical (unpaired) electrons. The Bertz CT molecular complexity index is 282. The van der Waals surface area contributed by atoms with E-state index in [2.05, 4.69) is 11.9 Å². The number of hydrogen-bond acceptors (Lipinski definition) is 1. The van der Waals surface area contributed by atoms with Gasteiger partial charge in [0.1, 0.15) is 0 Å². The molecular formula is C16H28F2O. The minimum atomic E-state index is -0.0906. The normalized spacial score (nSPS) is 21.0. The largest absolute Gasteiger partial charge is 0.294 e. The van der Waals surface area contributed by atoms with Crippen LogP contribution in [-0.4, -0.2) is 6.67 Å². The van der Waals surface area contributed by atoms with Gasteiger partial charge in [0, 0.05) is 4.53 Å². The van der Waals surface area contributed by atoms with Crippen LogP contribution in [-0.2, 0) is 0 Å². The minimum absolute atomic E-state index is 0. The summed E-state index contributed by atoms with van der Waals surface area (Å²) in [6.07, 6.45) is 4.73. The molecule has 0 aliphatic heterocycles. The Kier molecular flexibility index (Phi) is 12.7. The van der Waals surface area contributed by atoms with E-state index in [1.54, 1.807) is 30.3 Å². The van der Waals surface area contributed by atoms with Crippen LogP contribution in [0, 0.1) is 11.8 Å². The summed E-state index contributed by atoms with van der Waals surface area (Å²) in [6.45, 7) is 2.17. The Morgan fingerprint density at radius 1 is 1.05 bits per heavy atom. The summed E-state index contributed by atoms with van der Waals surface area (Å²) in [6, 6.07) is 8.28. The van der Waals surface area contributed by atoms with Crippen molar-refractivity contribution in [3.8, 4) is 5.75 Å². The maximum Gasteiger partial charge on any atom is 0.171 e. The van der Waals surface area contributed by atoms with Crippen molar-refractivity contribution in [3.63, 3.8) is 0 Å². The molecule has 1 aliphatic rings. The third-order valence-electron chi connectivity index (χ3n) is 3.19. The van der Waals surface area contributed by atoms with Crippen molar-refractivity contribution in [3.05, 3.63) is 30.3 Å². The van der Waals surface area contributed by atoms with E-state index in [1.807, 2.05) is 0 Å². The van der Waals surface area contributed by atoms with Gasteiger partial charge in [-0.05, 0) is 36.8 Å². The summed E-state index contributed by atoms with van der Waals surface area (Å²) in [5.74, 6) is 1.50. The molecule has 1 saturated carbocycles. The Labute approximate surface area is 116 Å². The molecule has 0 spiro atoms. The van der Waals surface area contributed by atoms with Gasteiger partial charge in [0.05, 0.1) is 6.67 Å². The third-order valence-corrected chi connectivity index (χ3v) is 3.19. The molecule has 1 nitrogen and oxygen atoms in total. The molecule has 0 atom stereocenters. The lowest BCUT2D eigenvalue weighted by molar-refractivity contribution is -0.00620. The molecule has 1 aromatic carbocycles. The van der Waals surface area contributed by atoms with Crippen molar-refractivity contribution >= 4 is 0 Å². The molecule has 1 fully saturated rings. The number of hydrogen-bond donors (Lipinski definition) is 0. The second kappa shape index (κ2) is 11.9. The van der Waals surface area contributed by atoms with E-state index in [0.717, 1.165) is 18.8 Å². The van der Waals surface area contributed by atoms with Crippen LogP contribution in [0.2, 0.25) is 0 Å². The van der Waals surface area contributed by atoms with Gasteiger partial charge < -0.3 is 0 Å². The predicted octanol–water partition coefficient (Wildman–Crippen LogP) is 6.00. The summed E-state index contributed by atoms with van der Waals surface area (Å²) in [7, 11) is 0. The highest BCUT2D eigenvalue weighted by Crippen LogP contribution is 2.28. The fraction of sp³-hybridized carbons (Fsp3) is 0.625. The number of benzene rings is 1. The SMILES string of the molecule is C.C.CC1CCC(CF)CC1.FOc1ccccc1. The van der Waals surface area contributed by atoms with Gasteiger partial charge in [-0.2, -0.15) is 0 Å². The van der Waals surface area contributed by atoms with Crippen LogP contribution in [0.15, 0.2) is 30.3 Å². The molecule has 3 heteroatoms. The molecule has 2 rings (SSSR count). The molecule has 0 amide bonds. The van der Waals surface area contributed by atoms with Crippen molar-refractivity contribution < 1.29 is 13.9 Å². The van der Waals surface area contributed by atoms with Gasteiger partial charge in [0.2, 0.25) is 0 Å². The second-order valence-corrected chi connectivity index (χ2v) is 4.67. The molecular weight excluding hydrogens is 246 g/mol. The second-order valence-electron chi connectivity index (χ2n) is 4.67. The molecule has 0 N–H and O–H groups in total. The lowest BCUT2D eigenvalue weighted by Gasteiger charge is -2.23. The molecule has 0 saturated heterocycles. The van der Waals surface area contributed by atoms with Crippen molar-refractivity contribution in [2.75, 3.05) is 6.67 Å². The highest BCUT2D eigenvalue weighted by molar-refractivity contribution is 5.19. The van der Waals surface area contributed by atoms with Crippen LogP contribution < -0.4 is 4.94 Å². The van der Waals surface area contributed by atoms with Gasteiger partial charge in [0.15, 0.2) is 5.75 Å². The number of rotatable bonds is 2. The third kappa shape index (κ3) is 8.57. The van der Waals surface area contributed by atoms with Crippen LogP contribution in [0.1, 0.15) is 47.5 Å². The Balaban J connectivity index is 0. The maximum absolute atomic E-state index is 12.0. The van der Waals surface area contributed by atoms with Gasteiger partial charge >= 0.3 is 0 Å². The first-order chi connectivity index (χ1) is 8.26. The molecule has 0 heterocycles. The molecule has 112 valence electrons. The zero-order valence-corrected chi connectivity index (χ0v) is 10.2. The van der Waals surface area contributed by atoms with Gasteiger partial charge in [-0.25, -0.2) is 0 Å². The lowest BCUT2D eigenvalue weighted by Crippen LogP contribution is -2.13. The Morgan fingerprint density at radius 2 is 1.58 bits per heavy atom. The van der Waals surface area contributed by atoms with E-state index in [-0.39, 0.29) is 27.3 Å². The highest BCUT2D eigenvalue weighted by Gasteiger charge is 2.17. The molecule has 0 bridgehead atoms. The lowest BCUT2D eigenvalue weighted by atomic mass is 9.84. The van der Waals surface area contributed by atoms with Crippen LogP contribution in [0.3, 0.4) is 0 Å². The predicted molar refractivity (Wildman–Crippen MR) is 78.7 cm³/mol. The zero-order chi connectivity index (χ0) is 12.5. The summed E-state index contributed by atoms with van der Waals surface area (Å²) in [5, 5.41) is 0. The summed E-state index contributed by atoms with van der Waals surface area (Å²) < 4.78 is 23.2. The Hall–Kier alpha value is -1.12. The Morgan fingerprint density at radius 3 is 1.95 bits per heavy atom. The highest BCUT2D eigenvalue weighted by atomic mass is 19.3. The van der Waals surface area contributed by atoms with Crippen molar-refractivity contribution in [2.24, 2.45) is 11.8 Å². The standard InChI is InChI=1S/C8H15F.C6H5FO.2CH4/c1-7-2-4-8(6-9)5-3-7;7-8-6-4-2-1-3-5-6;;/h7-8H,2-6H2,1H3;1-5H;2*1H4. The van der Waals surface area contributed by atoms with E-state index in [0.29, 0.717) is 5.92 Å². The monoisotopic (exact) mass is 274 g/mol. The summed E-state index contributed by atoms with van der Waals surface area (Å²) in [4.78, 5) is 3.41. The van der Waals surface area contributed by atoms with Crippen LogP contribution in [0.5, 0.6) is 5.75 Å². The fourth-order valence-electron chi connectivity index (χ4n) is 1.96. The van der Waals surface area contributed by atoms with Crippen LogP contribution in [0.25, 0.3) is 0 Å². The molecule has 19 heavy (non-hydrogen) atoms. The first-order valence-electron chi connectivity index (χ1n) is 6.15. The fourth-order valence-corrected chi connectivity index (χ4v) is 1.96. The molecule has 0 unspecified atom stereocenters. The summed E-state index contributed by atoms with van der Waals surface area (Å²) >= 11 is 0.